The third-order valence-corrected chi connectivity index (χ3v) is 5.40. The lowest BCUT2D eigenvalue weighted by atomic mass is 10.0. The van der Waals surface area contributed by atoms with E-state index in [0.717, 1.165) is 42.4 Å². The minimum atomic E-state index is 0.224. The highest BCUT2D eigenvalue weighted by atomic mass is 35.5. The van der Waals surface area contributed by atoms with Gasteiger partial charge < -0.3 is 10.6 Å². The van der Waals surface area contributed by atoms with Crippen LogP contribution in [0.25, 0.3) is 0 Å². The topological polar surface area (TPSA) is 29.3 Å². The second kappa shape index (κ2) is 6.59. The average Bonchev–Trinajstić information content (AvgIpc) is 2.37. The molecule has 20 heavy (non-hydrogen) atoms. The van der Waals surface area contributed by atoms with Gasteiger partial charge in [0.1, 0.15) is 0 Å². The summed E-state index contributed by atoms with van der Waals surface area (Å²) < 4.78 is 0.296. The summed E-state index contributed by atoms with van der Waals surface area (Å²) in [6.45, 7) is 8.83. The number of hydrogen-bond acceptors (Lipinski definition) is 3. The van der Waals surface area contributed by atoms with Crippen molar-refractivity contribution in [1.82, 2.24) is 0 Å². The molecule has 1 aliphatic heterocycles. The molecular formula is C16H25ClN2S. The molecule has 2 N–H and O–H groups in total. The molecule has 1 unspecified atom stereocenters. The maximum absolute atomic E-state index is 6.49. The van der Waals surface area contributed by atoms with Crippen molar-refractivity contribution in [3.63, 3.8) is 0 Å². The number of thioether (sulfide) groups is 1. The van der Waals surface area contributed by atoms with Gasteiger partial charge in [0, 0.05) is 29.6 Å². The highest BCUT2D eigenvalue weighted by Gasteiger charge is 2.28. The van der Waals surface area contributed by atoms with Crippen LogP contribution in [0.3, 0.4) is 0 Å². The Hall–Kier alpha value is -0.380. The Balaban J connectivity index is 2.13. The van der Waals surface area contributed by atoms with E-state index in [-0.39, 0.29) is 6.04 Å². The maximum atomic E-state index is 6.49. The number of rotatable bonds is 4. The van der Waals surface area contributed by atoms with Gasteiger partial charge in [-0.05, 0) is 44.4 Å². The minimum absolute atomic E-state index is 0.224. The van der Waals surface area contributed by atoms with E-state index in [1.165, 1.54) is 5.56 Å². The van der Waals surface area contributed by atoms with E-state index in [2.05, 4.69) is 43.9 Å². The number of nitrogens with zero attached hydrogens (tertiary/aromatic N) is 1. The fourth-order valence-corrected chi connectivity index (χ4v) is 4.04. The van der Waals surface area contributed by atoms with E-state index in [1.54, 1.807) is 0 Å². The third-order valence-electron chi connectivity index (χ3n) is 3.80. The van der Waals surface area contributed by atoms with Crippen LogP contribution in [0.2, 0.25) is 5.02 Å². The molecule has 4 heteroatoms. The molecule has 1 aromatic carbocycles. The first kappa shape index (κ1) is 16.0. The van der Waals surface area contributed by atoms with Crippen molar-refractivity contribution in [3.8, 4) is 0 Å². The summed E-state index contributed by atoms with van der Waals surface area (Å²) in [6.07, 6.45) is 1.90. The minimum Gasteiger partial charge on any atom is -0.368 e. The van der Waals surface area contributed by atoms with Gasteiger partial charge in [0.05, 0.1) is 10.7 Å². The number of nitrogens with two attached hydrogens (primary N) is 1. The fraction of sp³-hybridized carbons (Fsp3) is 0.625. The first-order valence-electron chi connectivity index (χ1n) is 7.34. The summed E-state index contributed by atoms with van der Waals surface area (Å²) in [5, 5.41) is 0.855. The van der Waals surface area contributed by atoms with Gasteiger partial charge in [-0.1, -0.05) is 24.6 Å². The molecule has 2 nitrogen and oxygen atoms in total. The van der Waals surface area contributed by atoms with Crippen LogP contribution >= 0.6 is 23.4 Å². The van der Waals surface area contributed by atoms with Crippen molar-refractivity contribution in [2.24, 2.45) is 5.73 Å². The molecule has 1 aliphatic rings. The van der Waals surface area contributed by atoms with Crippen molar-refractivity contribution in [1.29, 1.82) is 0 Å². The SMILES string of the molecule is CCC(N)Cc1ccc(N2CCSC(C)(C)C2)c(Cl)c1. The zero-order chi connectivity index (χ0) is 14.8. The van der Waals surface area contributed by atoms with E-state index in [4.69, 9.17) is 17.3 Å². The number of anilines is 1. The molecule has 1 saturated heterocycles. The molecule has 1 fully saturated rings. The van der Waals surface area contributed by atoms with Crippen molar-refractivity contribution >= 4 is 29.1 Å². The molecule has 0 aromatic heterocycles. The second-order valence-corrected chi connectivity index (χ2v) is 8.40. The molecule has 0 bridgehead atoms. The highest BCUT2D eigenvalue weighted by molar-refractivity contribution is 8.00. The highest BCUT2D eigenvalue weighted by Crippen LogP contribution is 2.35. The van der Waals surface area contributed by atoms with E-state index >= 15 is 0 Å². The van der Waals surface area contributed by atoms with Crippen LogP contribution in [0, 0.1) is 0 Å². The molecule has 112 valence electrons. The standard InChI is InChI=1S/C16H25ClN2S/c1-4-13(18)9-12-5-6-15(14(17)10-12)19-7-8-20-16(2,3)11-19/h5-6,10,13H,4,7-9,11,18H2,1-3H3. The van der Waals surface area contributed by atoms with Crippen LogP contribution in [-0.4, -0.2) is 29.6 Å². The van der Waals surface area contributed by atoms with Crippen molar-refractivity contribution in [3.05, 3.63) is 28.8 Å². The zero-order valence-corrected chi connectivity index (χ0v) is 14.2. The van der Waals surface area contributed by atoms with Crippen LogP contribution in [0.1, 0.15) is 32.8 Å². The molecule has 1 atom stereocenters. The van der Waals surface area contributed by atoms with E-state index in [1.807, 2.05) is 11.8 Å². The summed E-state index contributed by atoms with van der Waals surface area (Å²) >= 11 is 8.53. The predicted octanol–water partition coefficient (Wildman–Crippen LogP) is 3.95. The molecular weight excluding hydrogens is 288 g/mol. The van der Waals surface area contributed by atoms with Gasteiger partial charge in [-0.25, -0.2) is 0 Å². The zero-order valence-electron chi connectivity index (χ0n) is 12.7. The quantitative estimate of drug-likeness (QED) is 0.912. The molecule has 0 amide bonds. The van der Waals surface area contributed by atoms with Crippen molar-refractivity contribution in [2.45, 2.75) is 44.4 Å². The fourth-order valence-electron chi connectivity index (χ4n) is 2.60. The summed E-state index contributed by atoms with van der Waals surface area (Å²) in [5.41, 5.74) is 8.41. The van der Waals surface area contributed by atoms with Crippen LogP contribution in [0.5, 0.6) is 0 Å². The lowest BCUT2D eigenvalue weighted by Crippen LogP contribution is -2.43. The smallest absolute Gasteiger partial charge is 0.0642 e. The Labute approximate surface area is 132 Å². The molecule has 2 rings (SSSR count). The van der Waals surface area contributed by atoms with Gasteiger partial charge in [-0.15, -0.1) is 0 Å². The van der Waals surface area contributed by atoms with Gasteiger partial charge in [0.2, 0.25) is 0 Å². The van der Waals surface area contributed by atoms with E-state index in [0.29, 0.717) is 4.75 Å². The monoisotopic (exact) mass is 312 g/mol. The summed E-state index contributed by atoms with van der Waals surface area (Å²) in [7, 11) is 0. The lowest BCUT2D eigenvalue weighted by molar-refractivity contribution is 0.643. The van der Waals surface area contributed by atoms with Crippen LogP contribution < -0.4 is 10.6 Å². The van der Waals surface area contributed by atoms with Crippen molar-refractivity contribution in [2.75, 3.05) is 23.7 Å². The molecule has 1 aromatic rings. The van der Waals surface area contributed by atoms with Gasteiger partial charge in [0.15, 0.2) is 0 Å². The molecule has 0 saturated carbocycles. The molecule has 0 aliphatic carbocycles. The molecule has 0 spiro atoms. The Bertz CT molecular complexity index is 462. The van der Waals surface area contributed by atoms with E-state index < -0.39 is 0 Å². The predicted molar refractivity (Wildman–Crippen MR) is 92.2 cm³/mol. The average molecular weight is 313 g/mol. The third kappa shape index (κ3) is 4.06. The molecule has 0 radical (unpaired) electrons. The maximum Gasteiger partial charge on any atom is 0.0642 e. The normalized spacial score (nSPS) is 19.9. The number of hydrogen-bond donors (Lipinski definition) is 1. The number of benzene rings is 1. The largest absolute Gasteiger partial charge is 0.368 e. The van der Waals surface area contributed by atoms with Gasteiger partial charge in [-0.3, -0.25) is 0 Å². The Morgan fingerprint density at radius 3 is 2.80 bits per heavy atom. The Kier molecular flexibility index (Phi) is 5.27. The Morgan fingerprint density at radius 1 is 1.45 bits per heavy atom. The van der Waals surface area contributed by atoms with Gasteiger partial charge >= 0.3 is 0 Å². The number of halogens is 1. The summed E-state index contributed by atoms with van der Waals surface area (Å²) in [4.78, 5) is 2.41. The lowest BCUT2D eigenvalue weighted by Gasteiger charge is -2.39. The Morgan fingerprint density at radius 2 is 2.20 bits per heavy atom. The van der Waals surface area contributed by atoms with Crippen LogP contribution in [-0.2, 0) is 6.42 Å². The van der Waals surface area contributed by atoms with Crippen LogP contribution in [0.15, 0.2) is 18.2 Å². The summed E-state index contributed by atoms with van der Waals surface area (Å²) in [6, 6.07) is 6.64. The van der Waals surface area contributed by atoms with Gasteiger partial charge in [-0.2, -0.15) is 11.8 Å². The summed E-state index contributed by atoms with van der Waals surface area (Å²) in [5.74, 6) is 1.16. The second-order valence-electron chi connectivity index (χ2n) is 6.19. The van der Waals surface area contributed by atoms with Crippen molar-refractivity contribution < 1.29 is 0 Å². The first-order valence-corrected chi connectivity index (χ1v) is 8.70. The molecule has 1 heterocycles. The van der Waals surface area contributed by atoms with E-state index in [9.17, 15) is 0 Å². The van der Waals surface area contributed by atoms with Crippen LogP contribution in [0.4, 0.5) is 5.69 Å². The first-order chi connectivity index (χ1) is 9.41. The van der Waals surface area contributed by atoms with Gasteiger partial charge in [0.25, 0.3) is 0 Å².